The van der Waals surface area contributed by atoms with Gasteiger partial charge in [0.05, 0.1) is 11.8 Å². The molecule has 3 aliphatic rings. The molecule has 38 heavy (non-hydrogen) atoms. The summed E-state index contributed by atoms with van der Waals surface area (Å²) >= 11 is 1.47. The Kier molecular flexibility index (Phi) is 7.91. The Morgan fingerprint density at radius 3 is 3.03 bits per heavy atom. The van der Waals surface area contributed by atoms with Crippen molar-refractivity contribution in [3.63, 3.8) is 0 Å². The molecule has 10 nitrogen and oxygen atoms in total. The van der Waals surface area contributed by atoms with E-state index < -0.39 is 6.03 Å². The Hall–Kier alpha value is -3.88. The lowest BCUT2D eigenvalue weighted by Crippen LogP contribution is -2.40. The van der Waals surface area contributed by atoms with Crippen molar-refractivity contribution in [3.05, 3.63) is 65.3 Å². The number of fused-ring (bicyclic) bond motifs is 1. The maximum Gasteiger partial charge on any atom is 0.328 e. The van der Waals surface area contributed by atoms with Crippen LogP contribution in [0, 0.1) is 11.3 Å². The second kappa shape index (κ2) is 11.7. The number of aldehydes is 1. The average molecular weight is 533 g/mol. The lowest BCUT2D eigenvalue weighted by molar-refractivity contribution is 0.0351. The van der Waals surface area contributed by atoms with E-state index in [0.29, 0.717) is 41.8 Å². The van der Waals surface area contributed by atoms with Gasteiger partial charge in [-0.05, 0) is 62.5 Å². The molecule has 3 aliphatic heterocycles. The lowest BCUT2D eigenvalue weighted by atomic mass is 10.0. The molecule has 1 saturated heterocycles. The topological polar surface area (TPSA) is 121 Å². The summed E-state index contributed by atoms with van der Waals surface area (Å²) < 4.78 is 11.3. The highest BCUT2D eigenvalue weighted by atomic mass is 32.2. The van der Waals surface area contributed by atoms with Gasteiger partial charge >= 0.3 is 6.03 Å². The summed E-state index contributed by atoms with van der Waals surface area (Å²) in [5, 5.41) is 12.3. The number of hydrogen-bond acceptors (Lipinski definition) is 9. The number of nitrogens with one attached hydrogen (secondary N) is 1. The standard InChI is InChI=1S/C27H28N6O4S/c1-18-32(8-2-3-10-36-18)16-20-12-19-6-4-9-33(26(19)30-22(20)17-34)27(35)31-24-13-23(21(14-28)15-29-24)38-25-7-5-11-37-25/h2-3,8,10,12-13,15,17-18,25H,4-7,9,11,16H2,1H3,(H,29,31,35). The molecule has 0 bridgehead atoms. The van der Waals surface area contributed by atoms with E-state index in [-0.39, 0.29) is 17.4 Å². The van der Waals surface area contributed by atoms with E-state index >= 15 is 0 Å². The Balaban J connectivity index is 1.35. The van der Waals surface area contributed by atoms with Gasteiger partial charge in [0.25, 0.3) is 0 Å². The Morgan fingerprint density at radius 1 is 1.34 bits per heavy atom. The Bertz CT molecular complexity index is 1320. The number of ether oxygens (including phenoxy) is 2. The number of urea groups is 1. The van der Waals surface area contributed by atoms with Gasteiger partial charge in [-0.15, -0.1) is 0 Å². The second-order valence-corrected chi connectivity index (χ2v) is 10.3. The van der Waals surface area contributed by atoms with Crippen molar-refractivity contribution in [1.29, 1.82) is 5.26 Å². The first-order chi connectivity index (χ1) is 18.6. The van der Waals surface area contributed by atoms with Crippen molar-refractivity contribution in [2.24, 2.45) is 0 Å². The first kappa shape index (κ1) is 25.8. The fourth-order valence-corrected chi connectivity index (χ4v) is 5.71. The number of aryl methyl sites for hydroxylation is 1. The molecule has 0 aliphatic carbocycles. The summed E-state index contributed by atoms with van der Waals surface area (Å²) in [4.78, 5) is 38.4. The molecule has 0 saturated carbocycles. The van der Waals surface area contributed by atoms with Crippen molar-refractivity contribution < 1.29 is 19.1 Å². The molecule has 2 atom stereocenters. The van der Waals surface area contributed by atoms with Crippen LogP contribution in [-0.2, 0) is 22.4 Å². The van der Waals surface area contributed by atoms with Crippen LogP contribution in [0.2, 0.25) is 0 Å². The molecule has 5 rings (SSSR count). The van der Waals surface area contributed by atoms with Crippen molar-refractivity contribution >= 4 is 35.7 Å². The van der Waals surface area contributed by atoms with Gasteiger partial charge < -0.3 is 14.4 Å². The van der Waals surface area contributed by atoms with Crippen LogP contribution in [0.15, 0.2) is 47.8 Å². The smallest absolute Gasteiger partial charge is 0.328 e. The highest BCUT2D eigenvalue weighted by molar-refractivity contribution is 7.99. The third kappa shape index (κ3) is 5.66. The molecule has 0 spiro atoms. The number of amides is 2. The Labute approximate surface area is 225 Å². The molecule has 0 radical (unpaired) electrons. The van der Waals surface area contributed by atoms with Crippen molar-refractivity contribution in [1.82, 2.24) is 14.9 Å². The van der Waals surface area contributed by atoms with Gasteiger partial charge in [0.15, 0.2) is 12.5 Å². The molecule has 2 aromatic rings. The number of hydrogen-bond donors (Lipinski definition) is 1. The number of pyridine rings is 2. The Morgan fingerprint density at radius 2 is 2.24 bits per heavy atom. The van der Waals surface area contributed by atoms with E-state index in [0.717, 1.165) is 43.1 Å². The number of aromatic nitrogens is 2. The third-order valence-electron chi connectivity index (χ3n) is 6.56. The minimum atomic E-state index is -0.392. The molecular formula is C27H28N6O4S. The van der Waals surface area contributed by atoms with Crippen LogP contribution in [0.5, 0.6) is 0 Å². The highest BCUT2D eigenvalue weighted by Gasteiger charge is 2.27. The maximum atomic E-state index is 13.3. The van der Waals surface area contributed by atoms with Gasteiger partial charge in [0.1, 0.15) is 28.8 Å². The average Bonchev–Trinajstić information content (AvgIpc) is 3.36. The third-order valence-corrected chi connectivity index (χ3v) is 7.79. The van der Waals surface area contributed by atoms with Gasteiger partial charge in [-0.1, -0.05) is 11.8 Å². The van der Waals surface area contributed by atoms with Gasteiger partial charge in [-0.3, -0.25) is 15.0 Å². The number of allylic oxidation sites excluding steroid dienone is 2. The maximum absolute atomic E-state index is 13.3. The fourth-order valence-electron chi connectivity index (χ4n) is 4.57. The summed E-state index contributed by atoms with van der Waals surface area (Å²) in [6.07, 6.45) is 12.6. The number of carbonyl (C=O) groups excluding carboxylic acids is 2. The monoisotopic (exact) mass is 532 g/mol. The van der Waals surface area contributed by atoms with E-state index in [1.165, 1.54) is 18.0 Å². The van der Waals surface area contributed by atoms with E-state index in [1.807, 2.05) is 36.2 Å². The number of nitriles is 1. The van der Waals surface area contributed by atoms with Crippen molar-refractivity contribution in [2.45, 2.75) is 55.7 Å². The van der Waals surface area contributed by atoms with Crippen LogP contribution >= 0.6 is 11.8 Å². The number of anilines is 2. The minimum absolute atomic E-state index is 0.0159. The number of thioether (sulfide) groups is 1. The minimum Gasteiger partial charge on any atom is -0.478 e. The van der Waals surface area contributed by atoms with E-state index in [1.54, 1.807) is 17.2 Å². The fraction of sp³-hybridized carbons (Fsp3) is 0.370. The predicted molar refractivity (Wildman–Crippen MR) is 142 cm³/mol. The second-order valence-electron chi connectivity index (χ2n) is 9.13. The zero-order valence-electron chi connectivity index (χ0n) is 21.0. The molecule has 2 amide bonds. The molecule has 0 aromatic carbocycles. The molecule has 2 aromatic heterocycles. The van der Waals surface area contributed by atoms with Crippen LogP contribution < -0.4 is 10.2 Å². The van der Waals surface area contributed by atoms with Gasteiger partial charge in [0, 0.05) is 42.6 Å². The molecule has 1 N–H and O–H groups in total. The summed E-state index contributed by atoms with van der Waals surface area (Å²) in [6, 6.07) is 5.43. The molecule has 5 heterocycles. The predicted octanol–water partition coefficient (Wildman–Crippen LogP) is 4.58. The van der Waals surface area contributed by atoms with Gasteiger partial charge in [-0.2, -0.15) is 5.26 Å². The number of rotatable bonds is 6. The zero-order chi connectivity index (χ0) is 26.5. The van der Waals surface area contributed by atoms with Crippen LogP contribution in [-0.4, -0.2) is 52.0 Å². The quantitative estimate of drug-likeness (QED) is 0.533. The summed E-state index contributed by atoms with van der Waals surface area (Å²) in [5.41, 5.74) is 2.38. The molecule has 2 unspecified atom stereocenters. The summed E-state index contributed by atoms with van der Waals surface area (Å²) in [7, 11) is 0. The first-order valence-electron chi connectivity index (χ1n) is 12.5. The first-order valence-corrected chi connectivity index (χ1v) is 13.4. The van der Waals surface area contributed by atoms with Crippen LogP contribution in [0.1, 0.15) is 53.4 Å². The SMILES string of the molecule is CC1OC=CC=CN1Cc1cc2c(nc1C=O)N(C(=O)Nc1cc(SC3CCCO3)c(C#N)cn1)CCC2. The summed E-state index contributed by atoms with van der Waals surface area (Å²) in [5.74, 6) is 0.809. The lowest BCUT2D eigenvalue weighted by Gasteiger charge is -2.30. The van der Waals surface area contributed by atoms with E-state index in [4.69, 9.17) is 9.47 Å². The van der Waals surface area contributed by atoms with E-state index in [9.17, 15) is 14.9 Å². The highest BCUT2D eigenvalue weighted by Crippen LogP contribution is 2.34. The molecule has 1 fully saturated rings. The number of carbonyl (C=O) groups is 2. The largest absolute Gasteiger partial charge is 0.478 e. The van der Waals surface area contributed by atoms with Crippen molar-refractivity contribution in [2.75, 3.05) is 23.4 Å². The summed E-state index contributed by atoms with van der Waals surface area (Å²) in [6.45, 7) is 3.54. The zero-order valence-corrected chi connectivity index (χ0v) is 21.8. The van der Waals surface area contributed by atoms with Crippen LogP contribution in [0.3, 0.4) is 0 Å². The molecular weight excluding hydrogens is 504 g/mol. The van der Waals surface area contributed by atoms with Crippen LogP contribution in [0.4, 0.5) is 16.4 Å². The van der Waals surface area contributed by atoms with E-state index in [2.05, 4.69) is 21.4 Å². The molecule has 11 heteroatoms. The van der Waals surface area contributed by atoms with Gasteiger partial charge in [0.2, 0.25) is 0 Å². The molecule has 196 valence electrons. The van der Waals surface area contributed by atoms with Crippen molar-refractivity contribution in [3.8, 4) is 6.07 Å². The van der Waals surface area contributed by atoms with Crippen LogP contribution in [0.25, 0.3) is 0 Å². The van der Waals surface area contributed by atoms with Gasteiger partial charge in [-0.25, -0.2) is 14.8 Å². The normalized spacial score (nSPS) is 20.3. The number of nitrogens with zero attached hydrogens (tertiary/aromatic N) is 5.